The van der Waals surface area contributed by atoms with Crippen LogP contribution in [0.25, 0.3) is 0 Å². The van der Waals surface area contributed by atoms with Gasteiger partial charge in [0.25, 0.3) is 0 Å². The van der Waals surface area contributed by atoms with E-state index in [2.05, 4.69) is 0 Å². The summed E-state index contributed by atoms with van der Waals surface area (Å²) in [5.74, 6) is 0.182. The van der Waals surface area contributed by atoms with Gasteiger partial charge in [0.2, 0.25) is 5.91 Å². The fourth-order valence-electron chi connectivity index (χ4n) is 3.43. The molecule has 0 radical (unpaired) electrons. The molecular formula is C15H19FN2O. The number of halogens is 1. The Bertz CT molecular complexity index is 503. The summed E-state index contributed by atoms with van der Waals surface area (Å²) in [5, 5.41) is 0. The van der Waals surface area contributed by atoms with Crippen LogP contribution in [0.5, 0.6) is 0 Å². The molecule has 2 N–H and O–H groups in total. The normalized spacial score (nSPS) is 25.7. The molecule has 1 fully saturated rings. The van der Waals surface area contributed by atoms with Gasteiger partial charge < -0.3 is 10.6 Å². The summed E-state index contributed by atoms with van der Waals surface area (Å²) >= 11 is 0. The van der Waals surface area contributed by atoms with Crippen LogP contribution in [-0.2, 0) is 11.2 Å². The molecule has 1 aromatic carbocycles. The van der Waals surface area contributed by atoms with E-state index < -0.39 is 0 Å². The van der Waals surface area contributed by atoms with E-state index in [4.69, 9.17) is 5.73 Å². The van der Waals surface area contributed by atoms with E-state index in [-0.39, 0.29) is 17.6 Å². The maximum Gasteiger partial charge on any atom is 0.230 e. The molecule has 3 rings (SSSR count). The SMILES string of the molecule is NC[C@H]1CCC[C@H]1C(=O)N1CCc2ccc(F)cc21. The minimum Gasteiger partial charge on any atom is -0.330 e. The summed E-state index contributed by atoms with van der Waals surface area (Å²) in [5.41, 5.74) is 7.57. The van der Waals surface area contributed by atoms with Gasteiger partial charge in [0, 0.05) is 18.2 Å². The Kier molecular flexibility index (Phi) is 3.27. The molecule has 0 spiro atoms. The smallest absolute Gasteiger partial charge is 0.230 e. The molecule has 0 bridgehead atoms. The lowest BCUT2D eigenvalue weighted by Gasteiger charge is -2.24. The first-order valence-corrected chi connectivity index (χ1v) is 7.00. The van der Waals surface area contributed by atoms with Crippen molar-refractivity contribution in [2.45, 2.75) is 25.7 Å². The fourth-order valence-corrected chi connectivity index (χ4v) is 3.43. The van der Waals surface area contributed by atoms with Gasteiger partial charge in [-0.05, 0) is 49.4 Å². The molecule has 2 atom stereocenters. The second-order valence-corrected chi connectivity index (χ2v) is 5.55. The van der Waals surface area contributed by atoms with Crippen molar-refractivity contribution < 1.29 is 9.18 Å². The van der Waals surface area contributed by atoms with Gasteiger partial charge in [0.15, 0.2) is 0 Å². The predicted octanol–water partition coefficient (Wildman–Crippen LogP) is 2.09. The molecule has 1 amide bonds. The zero-order valence-corrected chi connectivity index (χ0v) is 10.9. The van der Waals surface area contributed by atoms with Crippen LogP contribution in [0.1, 0.15) is 24.8 Å². The third-order valence-corrected chi connectivity index (χ3v) is 4.49. The van der Waals surface area contributed by atoms with E-state index in [0.717, 1.165) is 36.9 Å². The number of anilines is 1. The molecule has 1 aliphatic heterocycles. The van der Waals surface area contributed by atoms with Crippen LogP contribution in [0.2, 0.25) is 0 Å². The monoisotopic (exact) mass is 262 g/mol. The van der Waals surface area contributed by atoms with E-state index in [1.807, 2.05) is 0 Å². The Morgan fingerprint density at radius 3 is 3.05 bits per heavy atom. The zero-order chi connectivity index (χ0) is 13.4. The highest BCUT2D eigenvalue weighted by Gasteiger charge is 2.37. The second-order valence-electron chi connectivity index (χ2n) is 5.55. The van der Waals surface area contributed by atoms with Gasteiger partial charge >= 0.3 is 0 Å². The molecule has 3 nitrogen and oxygen atoms in total. The topological polar surface area (TPSA) is 46.3 Å². The molecule has 0 unspecified atom stereocenters. The number of nitrogens with two attached hydrogens (primary N) is 1. The lowest BCUT2D eigenvalue weighted by molar-refractivity contribution is -0.123. The molecule has 0 saturated heterocycles. The summed E-state index contributed by atoms with van der Waals surface area (Å²) in [6, 6.07) is 4.73. The van der Waals surface area contributed by atoms with Crippen LogP contribution < -0.4 is 10.6 Å². The minimum atomic E-state index is -0.278. The number of nitrogens with zero attached hydrogens (tertiary/aromatic N) is 1. The van der Waals surface area contributed by atoms with E-state index in [9.17, 15) is 9.18 Å². The molecule has 1 aliphatic carbocycles. The highest BCUT2D eigenvalue weighted by atomic mass is 19.1. The summed E-state index contributed by atoms with van der Waals surface area (Å²) in [4.78, 5) is 14.4. The number of fused-ring (bicyclic) bond motifs is 1. The van der Waals surface area contributed by atoms with Gasteiger partial charge in [-0.25, -0.2) is 4.39 Å². The maximum atomic E-state index is 13.4. The standard InChI is InChI=1S/C15H19FN2O/c16-12-5-4-10-6-7-18(14(10)8-12)15(19)13-3-1-2-11(13)9-17/h4-5,8,11,13H,1-3,6-7,9,17H2/t11-,13-/m1/s1. The number of benzene rings is 1. The molecule has 102 valence electrons. The van der Waals surface area contributed by atoms with Gasteiger partial charge in [0.1, 0.15) is 5.82 Å². The number of carbonyl (C=O) groups excluding carboxylic acids is 1. The van der Waals surface area contributed by atoms with Crippen LogP contribution in [-0.4, -0.2) is 19.0 Å². The van der Waals surface area contributed by atoms with Gasteiger partial charge in [-0.15, -0.1) is 0 Å². The molecule has 1 heterocycles. The molecule has 19 heavy (non-hydrogen) atoms. The fraction of sp³-hybridized carbons (Fsp3) is 0.533. The quantitative estimate of drug-likeness (QED) is 0.887. The minimum absolute atomic E-state index is 0.0271. The number of carbonyl (C=O) groups is 1. The summed E-state index contributed by atoms with van der Waals surface area (Å²) in [6.07, 6.45) is 3.85. The molecular weight excluding hydrogens is 243 g/mol. The highest BCUT2D eigenvalue weighted by Crippen LogP contribution is 2.36. The third-order valence-electron chi connectivity index (χ3n) is 4.49. The Balaban J connectivity index is 1.85. The first-order valence-electron chi connectivity index (χ1n) is 7.00. The highest BCUT2D eigenvalue weighted by molar-refractivity contribution is 5.97. The molecule has 1 saturated carbocycles. The number of rotatable bonds is 2. The lowest BCUT2D eigenvalue weighted by Crippen LogP contribution is -2.38. The van der Waals surface area contributed by atoms with Crippen molar-refractivity contribution >= 4 is 11.6 Å². The molecule has 0 aromatic heterocycles. The third kappa shape index (κ3) is 2.14. The molecule has 4 heteroatoms. The van der Waals surface area contributed by atoms with Crippen molar-refractivity contribution in [3.8, 4) is 0 Å². The Morgan fingerprint density at radius 1 is 1.42 bits per heavy atom. The van der Waals surface area contributed by atoms with Crippen molar-refractivity contribution in [2.75, 3.05) is 18.0 Å². The van der Waals surface area contributed by atoms with E-state index in [1.54, 1.807) is 11.0 Å². The Morgan fingerprint density at radius 2 is 2.26 bits per heavy atom. The predicted molar refractivity (Wildman–Crippen MR) is 72.3 cm³/mol. The van der Waals surface area contributed by atoms with Gasteiger partial charge in [-0.1, -0.05) is 12.5 Å². The van der Waals surface area contributed by atoms with Crippen LogP contribution in [0.15, 0.2) is 18.2 Å². The van der Waals surface area contributed by atoms with Crippen LogP contribution >= 0.6 is 0 Å². The van der Waals surface area contributed by atoms with Crippen molar-refractivity contribution in [3.05, 3.63) is 29.6 Å². The average Bonchev–Trinajstić information content (AvgIpc) is 3.03. The van der Waals surface area contributed by atoms with Gasteiger partial charge in [0.05, 0.1) is 0 Å². The van der Waals surface area contributed by atoms with Crippen molar-refractivity contribution in [2.24, 2.45) is 17.6 Å². The van der Waals surface area contributed by atoms with Gasteiger partial charge in [-0.2, -0.15) is 0 Å². The first-order chi connectivity index (χ1) is 9.20. The van der Waals surface area contributed by atoms with Crippen LogP contribution in [0.3, 0.4) is 0 Å². The summed E-state index contributed by atoms with van der Waals surface area (Å²) in [7, 11) is 0. The van der Waals surface area contributed by atoms with E-state index >= 15 is 0 Å². The van der Waals surface area contributed by atoms with Crippen molar-refractivity contribution in [3.63, 3.8) is 0 Å². The Hall–Kier alpha value is -1.42. The Labute approximate surface area is 112 Å². The zero-order valence-electron chi connectivity index (χ0n) is 10.9. The average molecular weight is 262 g/mol. The van der Waals surface area contributed by atoms with Crippen molar-refractivity contribution in [1.29, 1.82) is 0 Å². The summed E-state index contributed by atoms with van der Waals surface area (Å²) in [6.45, 7) is 1.24. The van der Waals surface area contributed by atoms with E-state index in [0.29, 0.717) is 19.0 Å². The lowest BCUT2D eigenvalue weighted by atomic mass is 9.94. The number of hydrogen-bond acceptors (Lipinski definition) is 2. The van der Waals surface area contributed by atoms with Crippen LogP contribution in [0.4, 0.5) is 10.1 Å². The molecule has 2 aliphatic rings. The summed E-state index contributed by atoms with van der Waals surface area (Å²) < 4.78 is 13.4. The van der Waals surface area contributed by atoms with E-state index in [1.165, 1.54) is 12.1 Å². The number of hydrogen-bond donors (Lipinski definition) is 1. The van der Waals surface area contributed by atoms with Crippen LogP contribution in [0, 0.1) is 17.7 Å². The first kappa shape index (κ1) is 12.6. The number of amides is 1. The second kappa shape index (κ2) is 4.93. The maximum absolute atomic E-state index is 13.4. The molecule has 1 aromatic rings. The van der Waals surface area contributed by atoms with Crippen molar-refractivity contribution in [1.82, 2.24) is 0 Å². The van der Waals surface area contributed by atoms with Gasteiger partial charge in [-0.3, -0.25) is 4.79 Å². The largest absolute Gasteiger partial charge is 0.330 e.